The van der Waals surface area contributed by atoms with Gasteiger partial charge < -0.3 is 20.1 Å². The quantitative estimate of drug-likeness (QED) is 0.309. The van der Waals surface area contributed by atoms with Gasteiger partial charge in [-0.2, -0.15) is 0 Å². The van der Waals surface area contributed by atoms with Crippen molar-refractivity contribution in [3.8, 4) is 22.1 Å². The van der Waals surface area contributed by atoms with Crippen LogP contribution >= 0.6 is 11.3 Å². The Balaban J connectivity index is 1.30. The van der Waals surface area contributed by atoms with Crippen LogP contribution in [0.5, 0.6) is 11.5 Å². The number of amides is 3. The van der Waals surface area contributed by atoms with Gasteiger partial charge in [0.05, 0.1) is 0 Å². The van der Waals surface area contributed by atoms with Crippen molar-refractivity contribution in [2.45, 2.75) is 25.8 Å². The van der Waals surface area contributed by atoms with Crippen LogP contribution in [0.15, 0.2) is 72.8 Å². The number of rotatable bonds is 8. The number of hydrogen-bond acceptors (Lipinski definition) is 7. The third-order valence-electron chi connectivity index (χ3n) is 5.83. The van der Waals surface area contributed by atoms with Gasteiger partial charge in [-0.3, -0.25) is 10.1 Å². The number of benzene rings is 3. The third kappa shape index (κ3) is 5.87. The van der Waals surface area contributed by atoms with Crippen LogP contribution in [0.3, 0.4) is 0 Å². The fraction of sp³-hybridized carbons (Fsp3) is 0.185. The molecule has 0 aliphatic carbocycles. The zero-order valence-corrected chi connectivity index (χ0v) is 20.9. The second-order valence-corrected chi connectivity index (χ2v) is 9.30. The first kappa shape index (κ1) is 24.3. The molecule has 9 nitrogen and oxygen atoms in total. The molecule has 10 heteroatoms. The molecule has 0 saturated heterocycles. The number of nitrogens with one attached hydrogen (secondary N) is 3. The highest BCUT2D eigenvalue weighted by molar-refractivity contribution is 7.18. The lowest BCUT2D eigenvalue weighted by Crippen LogP contribution is -2.47. The summed E-state index contributed by atoms with van der Waals surface area (Å²) in [4.78, 5) is 26.1. The molecule has 2 heterocycles. The largest absolute Gasteiger partial charge is 0.454 e. The maximum absolute atomic E-state index is 13.3. The SMILES string of the molecule is CCc1ccccc1NC(=O)N[C@H](Cc1ccccc1)C(=O)Nc1nnc(-c2ccc3c(c2)OCO3)s1. The van der Waals surface area contributed by atoms with E-state index in [0.717, 1.165) is 23.1 Å². The number of aromatic nitrogens is 2. The van der Waals surface area contributed by atoms with Gasteiger partial charge in [-0.1, -0.05) is 66.8 Å². The first-order valence-corrected chi connectivity index (χ1v) is 12.6. The van der Waals surface area contributed by atoms with Crippen molar-refractivity contribution in [1.29, 1.82) is 0 Å². The van der Waals surface area contributed by atoms with Crippen LogP contribution in [0, 0.1) is 0 Å². The zero-order valence-electron chi connectivity index (χ0n) is 20.1. The Bertz CT molecular complexity index is 1410. The summed E-state index contributed by atoms with van der Waals surface area (Å²) >= 11 is 1.23. The van der Waals surface area contributed by atoms with E-state index in [2.05, 4.69) is 26.1 Å². The highest BCUT2D eigenvalue weighted by Crippen LogP contribution is 2.37. The van der Waals surface area contributed by atoms with Crippen LogP contribution in [0.25, 0.3) is 10.6 Å². The fourth-order valence-corrected chi connectivity index (χ4v) is 4.68. The number of ether oxygens (including phenoxy) is 2. The Labute approximate surface area is 217 Å². The Morgan fingerprint density at radius 2 is 1.73 bits per heavy atom. The van der Waals surface area contributed by atoms with Crippen LogP contribution in [-0.2, 0) is 17.6 Å². The van der Waals surface area contributed by atoms with E-state index >= 15 is 0 Å². The summed E-state index contributed by atoms with van der Waals surface area (Å²) in [7, 11) is 0. The van der Waals surface area contributed by atoms with Crippen molar-refractivity contribution in [2.75, 3.05) is 17.4 Å². The van der Waals surface area contributed by atoms with E-state index in [9.17, 15) is 9.59 Å². The number of carbonyl (C=O) groups excluding carboxylic acids is 2. The Kier molecular flexibility index (Phi) is 7.27. The normalized spacial score (nSPS) is 12.6. The summed E-state index contributed by atoms with van der Waals surface area (Å²) in [6.07, 6.45) is 1.08. The Morgan fingerprint density at radius 3 is 2.57 bits per heavy atom. The molecule has 3 aromatic carbocycles. The lowest BCUT2D eigenvalue weighted by atomic mass is 10.1. The van der Waals surface area contributed by atoms with Crippen molar-refractivity contribution in [2.24, 2.45) is 0 Å². The number of fused-ring (bicyclic) bond motifs is 1. The highest BCUT2D eigenvalue weighted by atomic mass is 32.1. The molecule has 0 spiro atoms. The van der Waals surface area contributed by atoms with E-state index in [0.29, 0.717) is 33.7 Å². The van der Waals surface area contributed by atoms with Crippen molar-refractivity contribution in [3.63, 3.8) is 0 Å². The van der Waals surface area contributed by atoms with Crippen LogP contribution < -0.4 is 25.4 Å². The number of carbonyl (C=O) groups is 2. The first-order valence-electron chi connectivity index (χ1n) is 11.8. The molecular formula is C27H25N5O4S. The predicted molar refractivity (Wildman–Crippen MR) is 142 cm³/mol. The second-order valence-electron chi connectivity index (χ2n) is 8.32. The molecule has 3 amide bonds. The van der Waals surface area contributed by atoms with Crippen molar-refractivity contribution < 1.29 is 19.1 Å². The van der Waals surface area contributed by atoms with Crippen molar-refractivity contribution >= 4 is 34.1 Å². The molecule has 37 heavy (non-hydrogen) atoms. The lowest BCUT2D eigenvalue weighted by Gasteiger charge is -2.19. The van der Waals surface area contributed by atoms with E-state index in [-0.39, 0.29) is 6.79 Å². The summed E-state index contributed by atoms with van der Waals surface area (Å²) in [5.74, 6) is 0.925. The summed E-state index contributed by atoms with van der Waals surface area (Å²) in [6.45, 7) is 2.20. The number of urea groups is 1. The third-order valence-corrected chi connectivity index (χ3v) is 6.71. The summed E-state index contributed by atoms with van der Waals surface area (Å²) in [5.41, 5.74) is 3.43. The van der Waals surface area contributed by atoms with Gasteiger partial charge in [-0.05, 0) is 41.8 Å². The molecule has 0 radical (unpaired) electrons. The lowest BCUT2D eigenvalue weighted by molar-refractivity contribution is -0.117. The topological polar surface area (TPSA) is 114 Å². The van der Waals surface area contributed by atoms with Gasteiger partial charge >= 0.3 is 6.03 Å². The van der Waals surface area contributed by atoms with Crippen molar-refractivity contribution in [3.05, 3.63) is 83.9 Å². The van der Waals surface area contributed by atoms with Crippen LogP contribution in [0.4, 0.5) is 15.6 Å². The molecule has 1 atom stereocenters. The summed E-state index contributed by atoms with van der Waals surface area (Å²) < 4.78 is 10.8. The fourth-order valence-electron chi connectivity index (χ4n) is 3.94. The van der Waals surface area contributed by atoms with Gasteiger partial charge in [0.25, 0.3) is 0 Å². The first-order chi connectivity index (χ1) is 18.1. The molecule has 0 bridgehead atoms. The molecule has 0 fully saturated rings. The minimum absolute atomic E-state index is 0.184. The number of nitrogens with zero attached hydrogens (tertiary/aromatic N) is 2. The van der Waals surface area contributed by atoms with Crippen LogP contribution in [-0.4, -0.2) is 35.0 Å². The van der Waals surface area contributed by atoms with Crippen LogP contribution in [0.2, 0.25) is 0 Å². The van der Waals surface area contributed by atoms with Crippen LogP contribution in [0.1, 0.15) is 18.1 Å². The van der Waals surface area contributed by atoms with E-state index in [1.165, 1.54) is 11.3 Å². The molecule has 5 rings (SSSR count). The second kappa shape index (κ2) is 11.1. The standard InChI is InChI=1S/C27H25N5O4S/c1-2-18-10-6-7-11-20(18)28-26(34)29-21(14-17-8-4-3-5-9-17)24(33)30-27-32-31-25(37-27)19-12-13-22-23(15-19)36-16-35-22/h3-13,15,21H,2,14,16H2,1H3,(H2,28,29,34)(H,30,32,33)/t21-/m1/s1. The van der Waals surface area contributed by atoms with E-state index in [4.69, 9.17) is 9.47 Å². The Hall–Kier alpha value is -4.44. The highest BCUT2D eigenvalue weighted by Gasteiger charge is 2.24. The minimum Gasteiger partial charge on any atom is -0.454 e. The smallest absolute Gasteiger partial charge is 0.319 e. The summed E-state index contributed by atoms with van der Waals surface area (Å²) in [6, 6.07) is 21.3. The Morgan fingerprint density at radius 1 is 0.946 bits per heavy atom. The molecule has 3 N–H and O–H groups in total. The number of para-hydroxylation sites is 1. The van der Waals surface area contributed by atoms with E-state index in [1.54, 1.807) is 0 Å². The molecule has 1 aliphatic rings. The molecule has 188 valence electrons. The molecule has 4 aromatic rings. The number of anilines is 2. The van der Waals surface area contributed by atoms with Gasteiger partial charge in [0, 0.05) is 17.7 Å². The maximum Gasteiger partial charge on any atom is 0.319 e. The average Bonchev–Trinajstić information content (AvgIpc) is 3.58. The molecule has 0 unspecified atom stereocenters. The summed E-state index contributed by atoms with van der Waals surface area (Å²) in [5, 5.41) is 17.8. The molecule has 1 aromatic heterocycles. The van der Waals surface area contributed by atoms with Gasteiger partial charge in [-0.15, -0.1) is 10.2 Å². The van der Waals surface area contributed by atoms with E-state index < -0.39 is 18.0 Å². The molecular weight excluding hydrogens is 490 g/mol. The van der Waals surface area contributed by atoms with Gasteiger partial charge in [-0.25, -0.2) is 4.79 Å². The van der Waals surface area contributed by atoms with Gasteiger partial charge in [0.15, 0.2) is 11.5 Å². The average molecular weight is 516 g/mol. The number of hydrogen-bond donors (Lipinski definition) is 3. The van der Waals surface area contributed by atoms with Gasteiger partial charge in [0.2, 0.25) is 17.8 Å². The monoisotopic (exact) mass is 515 g/mol. The predicted octanol–water partition coefficient (Wildman–Crippen LogP) is 4.87. The van der Waals surface area contributed by atoms with Crippen molar-refractivity contribution in [1.82, 2.24) is 15.5 Å². The number of aryl methyl sites for hydroxylation is 1. The van der Waals surface area contributed by atoms with Gasteiger partial charge in [0.1, 0.15) is 11.0 Å². The zero-order chi connectivity index (χ0) is 25.6. The molecule has 1 aliphatic heterocycles. The maximum atomic E-state index is 13.3. The van der Waals surface area contributed by atoms with E-state index in [1.807, 2.05) is 79.7 Å². The minimum atomic E-state index is -0.839. The molecule has 0 saturated carbocycles.